The van der Waals surface area contributed by atoms with Crippen molar-refractivity contribution < 1.29 is 9.53 Å². The summed E-state index contributed by atoms with van der Waals surface area (Å²) in [7, 11) is 1.35. The zero-order valence-electron chi connectivity index (χ0n) is 7.52. The van der Waals surface area contributed by atoms with Gasteiger partial charge in [-0.25, -0.2) is 4.79 Å². The molecule has 0 bridgehead atoms. The first-order valence-electron chi connectivity index (χ1n) is 4.02. The molecule has 0 aliphatic heterocycles. The molecule has 74 valence electrons. The minimum absolute atomic E-state index is 0.390. The van der Waals surface area contributed by atoms with E-state index in [-0.39, 0.29) is 5.97 Å². The van der Waals surface area contributed by atoms with Crippen LogP contribution in [0.25, 0.3) is 9.40 Å². The molecule has 1 unspecified atom stereocenters. The van der Waals surface area contributed by atoms with Crippen LogP contribution in [-0.2, 0) is 9.53 Å². The lowest BCUT2D eigenvalue weighted by molar-refractivity contribution is -0.142. The van der Waals surface area contributed by atoms with Crippen molar-refractivity contribution in [3.63, 3.8) is 0 Å². The molecule has 0 aliphatic carbocycles. The Morgan fingerprint density at radius 3 is 3.07 bits per heavy atom. The summed E-state index contributed by atoms with van der Waals surface area (Å²) in [6.45, 7) is 0. The molecule has 0 saturated carbocycles. The first-order chi connectivity index (χ1) is 6.72. The summed E-state index contributed by atoms with van der Waals surface area (Å²) in [5.74, 6) is -0.390. The summed E-state index contributed by atoms with van der Waals surface area (Å²) < 4.78 is 5.78. The molecule has 2 heterocycles. The van der Waals surface area contributed by atoms with Crippen LogP contribution < -0.4 is 5.73 Å². The maximum Gasteiger partial charge on any atom is 0.328 e. The van der Waals surface area contributed by atoms with Gasteiger partial charge in [0.15, 0.2) is 0 Å². The number of thiophene rings is 2. The second kappa shape index (κ2) is 3.68. The molecular formula is C9H9NO2S2. The van der Waals surface area contributed by atoms with Crippen LogP contribution in [0.3, 0.4) is 0 Å². The molecule has 5 heteroatoms. The van der Waals surface area contributed by atoms with Gasteiger partial charge in [-0.15, -0.1) is 22.7 Å². The molecule has 2 rings (SSSR count). The fraction of sp³-hybridized carbons (Fsp3) is 0.222. The number of methoxy groups -OCH3 is 1. The van der Waals surface area contributed by atoms with Crippen molar-refractivity contribution in [2.45, 2.75) is 6.04 Å². The van der Waals surface area contributed by atoms with E-state index >= 15 is 0 Å². The van der Waals surface area contributed by atoms with Crippen LogP contribution in [-0.4, -0.2) is 13.1 Å². The second-order valence-corrected chi connectivity index (χ2v) is 5.07. The molecule has 0 amide bonds. The standard InChI is InChI=1S/C9H9NO2S2/c1-12-8(11)7(10)6-4-5-2-3-13-9(5)14-6/h2-4,7H,10H2,1H3. The van der Waals surface area contributed by atoms with E-state index in [4.69, 9.17) is 5.73 Å². The molecule has 0 radical (unpaired) electrons. The highest BCUT2D eigenvalue weighted by Crippen LogP contribution is 2.33. The molecule has 2 aromatic rings. The van der Waals surface area contributed by atoms with Gasteiger partial charge in [0.05, 0.1) is 11.1 Å². The molecule has 0 spiro atoms. The number of fused-ring (bicyclic) bond motifs is 1. The highest BCUT2D eigenvalue weighted by Gasteiger charge is 2.18. The van der Waals surface area contributed by atoms with E-state index in [0.717, 1.165) is 10.3 Å². The van der Waals surface area contributed by atoms with Gasteiger partial charge in [-0.3, -0.25) is 0 Å². The van der Waals surface area contributed by atoms with Crippen molar-refractivity contribution in [3.8, 4) is 0 Å². The Hall–Kier alpha value is -0.910. The minimum atomic E-state index is -0.649. The Bertz CT molecular complexity index is 432. The molecule has 0 fully saturated rings. The SMILES string of the molecule is COC(=O)C(N)c1cc2ccsc2s1. The fourth-order valence-electron chi connectivity index (χ4n) is 1.18. The van der Waals surface area contributed by atoms with Crippen LogP contribution in [0.15, 0.2) is 17.5 Å². The van der Waals surface area contributed by atoms with Crippen LogP contribution in [0.2, 0.25) is 0 Å². The summed E-state index contributed by atoms with van der Waals surface area (Å²) in [5.41, 5.74) is 5.71. The normalized spacial score (nSPS) is 13.0. The Morgan fingerprint density at radius 1 is 1.64 bits per heavy atom. The topological polar surface area (TPSA) is 52.3 Å². The Kier molecular flexibility index (Phi) is 2.54. The number of rotatable bonds is 2. The monoisotopic (exact) mass is 227 g/mol. The molecule has 1 atom stereocenters. The molecule has 0 aliphatic rings. The molecule has 0 aromatic carbocycles. The lowest BCUT2D eigenvalue weighted by Gasteiger charge is -2.05. The zero-order valence-corrected chi connectivity index (χ0v) is 9.15. The van der Waals surface area contributed by atoms with Crippen molar-refractivity contribution in [2.75, 3.05) is 7.11 Å². The Labute approximate surface area is 89.1 Å². The number of esters is 1. The summed E-state index contributed by atoms with van der Waals surface area (Å²) in [6.07, 6.45) is 0. The van der Waals surface area contributed by atoms with Crippen LogP contribution in [0.4, 0.5) is 0 Å². The third kappa shape index (κ3) is 1.54. The Morgan fingerprint density at radius 2 is 2.43 bits per heavy atom. The van der Waals surface area contributed by atoms with E-state index in [9.17, 15) is 4.79 Å². The van der Waals surface area contributed by atoms with E-state index in [0.29, 0.717) is 0 Å². The number of carbonyl (C=O) groups excluding carboxylic acids is 1. The van der Waals surface area contributed by atoms with Crippen molar-refractivity contribution in [1.82, 2.24) is 0 Å². The van der Waals surface area contributed by atoms with Gasteiger partial charge in [-0.1, -0.05) is 0 Å². The van der Waals surface area contributed by atoms with E-state index < -0.39 is 6.04 Å². The second-order valence-electron chi connectivity index (χ2n) is 2.81. The van der Waals surface area contributed by atoms with Gasteiger partial charge in [-0.2, -0.15) is 0 Å². The van der Waals surface area contributed by atoms with E-state index in [1.807, 2.05) is 17.5 Å². The lowest BCUT2D eigenvalue weighted by Crippen LogP contribution is -2.21. The summed E-state index contributed by atoms with van der Waals surface area (Å²) in [4.78, 5) is 12.0. The lowest BCUT2D eigenvalue weighted by atomic mass is 10.2. The van der Waals surface area contributed by atoms with Gasteiger partial charge in [0.2, 0.25) is 0 Å². The maximum atomic E-state index is 11.2. The molecule has 2 N–H and O–H groups in total. The quantitative estimate of drug-likeness (QED) is 0.800. The molecule has 2 aromatic heterocycles. The van der Waals surface area contributed by atoms with Gasteiger partial charge in [0, 0.05) is 10.3 Å². The van der Waals surface area contributed by atoms with Gasteiger partial charge in [-0.05, 0) is 17.5 Å². The van der Waals surface area contributed by atoms with Crippen LogP contribution in [0, 0.1) is 0 Å². The average Bonchev–Trinajstić information content (AvgIpc) is 2.74. The van der Waals surface area contributed by atoms with Crippen molar-refractivity contribution in [2.24, 2.45) is 5.73 Å². The number of nitrogens with two attached hydrogens (primary N) is 1. The van der Waals surface area contributed by atoms with Crippen LogP contribution in [0.5, 0.6) is 0 Å². The average molecular weight is 227 g/mol. The third-order valence-corrected chi connectivity index (χ3v) is 4.22. The summed E-state index contributed by atoms with van der Waals surface area (Å²) in [6, 6.07) is 3.31. The van der Waals surface area contributed by atoms with Gasteiger partial charge in [0.1, 0.15) is 6.04 Å². The van der Waals surface area contributed by atoms with Crippen molar-refractivity contribution in [3.05, 3.63) is 22.4 Å². The van der Waals surface area contributed by atoms with Gasteiger partial charge < -0.3 is 10.5 Å². The predicted molar refractivity (Wildman–Crippen MR) is 58.6 cm³/mol. The first kappa shape index (κ1) is 9.64. The first-order valence-corrected chi connectivity index (χ1v) is 5.72. The van der Waals surface area contributed by atoms with Gasteiger partial charge >= 0.3 is 5.97 Å². The summed E-state index contributed by atoms with van der Waals surface area (Å²) >= 11 is 3.20. The zero-order chi connectivity index (χ0) is 10.1. The van der Waals surface area contributed by atoms with Crippen molar-refractivity contribution in [1.29, 1.82) is 0 Å². The van der Waals surface area contributed by atoms with Gasteiger partial charge in [0.25, 0.3) is 0 Å². The predicted octanol–water partition coefficient (Wildman–Crippen LogP) is 2.14. The largest absolute Gasteiger partial charge is 0.468 e. The molecule has 3 nitrogen and oxygen atoms in total. The van der Waals surface area contributed by atoms with Crippen LogP contribution >= 0.6 is 22.7 Å². The number of hydrogen-bond donors (Lipinski definition) is 1. The highest BCUT2D eigenvalue weighted by atomic mass is 32.2. The van der Waals surface area contributed by atoms with E-state index in [1.54, 1.807) is 22.7 Å². The van der Waals surface area contributed by atoms with Crippen LogP contribution in [0.1, 0.15) is 10.9 Å². The third-order valence-electron chi connectivity index (χ3n) is 1.93. The number of ether oxygens (including phenoxy) is 1. The smallest absolute Gasteiger partial charge is 0.328 e. The van der Waals surface area contributed by atoms with E-state index in [1.165, 1.54) is 11.1 Å². The molecule has 0 saturated heterocycles. The van der Waals surface area contributed by atoms with E-state index in [2.05, 4.69) is 4.74 Å². The Balaban J connectivity index is 2.34. The molecular weight excluding hydrogens is 218 g/mol. The maximum absolute atomic E-state index is 11.2. The van der Waals surface area contributed by atoms with Crippen molar-refractivity contribution >= 4 is 38.0 Å². The highest BCUT2D eigenvalue weighted by molar-refractivity contribution is 7.37. The molecule has 14 heavy (non-hydrogen) atoms. The fourth-order valence-corrected chi connectivity index (χ4v) is 3.30. The summed E-state index contributed by atoms with van der Waals surface area (Å²) in [5, 5.41) is 3.17. The number of hydrogen-bond acceptors (Lipinski definition) is 5. The number of carbonyl (C=O) groups is 1. The minimum Gasteiger partial charge on any atom is -0.468 e.